The van der Waals surface area contributed by atoms with Crippen molar-refractivity contribution in [3.05, 3.63) is 29.8 Å². The molecule has 0 heterocycles. The van der Waals surface area contributed by atoms with Gasteiger partial charge in [0.05, 0.1) is 18.2 Å². The van der Waals surface area contributed by atoms with Crippen molar-refractivity contribution in [2.75, 3.05) is 6.61 Å². The van der Waals surface area contributed by atoms with Gasteiger partial charge in [-0.05, 0) is 38.5 Å². The third kappa shape index (κ3) is 6.23. The van der Waals surface area contributed by atoms with Crippen molar-refractivity contribution >= 4 is 0 Å². The topological polar surface area (TPSA) is 56.5 Å². The Labute approximate surface area is 116 Å². The average Bonchev–Trinajstić information content (AvgIpc) is 2.26. The van der Waals surface area contributed by atoms with Gasteiger partial charge < -0.3 is 9.47 Å². The largest absolute Gasteiger partial charge is 0.573 e. The molecular weight excluding hydrogens is 273 g/mol. The number of hydrogen-bond donors (Lipinski definition) is 2. The van der Waals surface area contributed by atoms with E-state index in [1.165, 1.54) is 18.2 Å². The average molecular weight is 292 g/mol. The minimum atomic E-state index is -4.72. The van der Waals surface area contributed by atoms with Gasteiger partial charge in [-0.25, -0.2) is 0 Å². The molecule has 0 fully saturated rings. The van der Waals surface area contributed by atoms with E-state index in [-0.39, 0.29) is 18.0 Å². The fourth-order valence-corrected chi connectivity index (χ4v) is 1.50. The third-order valence-electron chi connectivity index (χ3n) is 2.38. The monoisotopic (exact) mass is 292 g/mol. The molecule has 1 aromatic carbocycles. The fraction of sp³-hybridized carbons (Fsp3) is 0.538. The molecule has 0 aliphatic rings. The van der Waals surface area contributed by atoms with Gasteiger partial charge in [0.1, 0.15) is 5.75 Å². The molecule has 0 aliphatic heterocycles. The van der Waals surface area contributed by atoms with Crippen molar-refractivity contribution in [1.82, 2.24) is 5.43 Å². The van der Waals surface area contributed by atoms with Crippen LogP contribution in [-0.2, 0) is 4.74 Å². The minimum Gasteiger partial charge on any atom is -0.406 e. The lowest BCUT2D eigenvalue weighted by molar-refractivity contribution is -0.274. The first-order chi connectivity index (χ1) is 9.11. The molecule has 4 nitrogen and oxygen atoms in total. The van der Waals surface area contributed by atoms with Gasteiger partial charge in [-0.2, -0.15) is 0 Å². The van der Waals surface area contributed by atoms with Gasteiger partial charge in [-0.1, -0.05) is 12.1 Å². The molecule has 0 bridgehead atoms. The summed E-state index contributed by atoms with van der Waals surface area (Å²) >= 11 is 0. The van der Waals surface area contributed by atoms with Crippen molar-refractivity contribution < 1.29 is 22.6 Å². The van der Waals surface area contributed by atoms with Crippen LogP contribution in [0, 0.1) is 0 Å². The van der Waals surface area contributed by atoms with Crippen LogP contribution in [0.1, 0.15) is 32.4 Å². The molecule has 0 aliphatic carbocycles. The second-order valence-electron chi connectivity index (χ2n) is 5.26. The summed E-state index contributed by atoms with van der Waals surface area (Å²) < 4.78 is 46.0. The fourth-order valence-electron chi connectivity index (χ4n) is 1.50. The van der Waals surface area contributed by atoms with E-state index >= 15 is 0 Å². The Morgan fingerprint density at radius 3 is 2.40 bits per heavy atom. The highest BCUT2D eigenvalue weighted by Gasteiger charge is 2.31. The molecule has 1 unspecified atom stereocenters. The summed E-state index contributed by atoms with van der Waals surface area (Å²) in [6, 6.07) is 5.21. The molecule has 20 heavy (non-hydrogen) atoms. The Balaban J connectivity index is 2.80. The Morgan fingerprint density at radius 1 is 1.25 bits per heavy atom. The van der Waals surface area contributed by atoms with E-state index < -0.39 is 12.4 Å². The van der Waals surface area contributed by atoms with E-state index in [9.17, 15) is 13.2 Å². The molecule has 1 rings (SSSR count). The highest BCUT2D eigenvalue weighted by atomic mass is 19.4. The van der Waals surface area contributed by atoms with Crippen LogP contribution in [0.3, 0.4) is 0 Å². The molecule has 7 heteroatoms. The highest BCUT2D eigenvalue weighted by molar-refractivity contribution is 5.30. The SMILES string of the molecule is CC(C)(C)OCC(NN)c1cccc(OC(F)(F)F)c1. The van der Waals surface area contributed by atoms with E-state index in [1.807, 2.05) is 20.8 Å². The summed E-state index contributed by atoms with van der Waals surface area (Å²) in [5.74, 6) is 5.13. The Morgan fingerprint density at radius 2 is 1.90 bits per heavy atom. The molecule has 0 radical (unpaired) electrons. The zero-order valence-corrected chi connectivity index (χ0v) is 11.6. The molecule has 0 aromatic heterocycles. The first-order valence-corrected chi connectivity index (χ1v) is 6.06. The van der Waals surface area contributed by atoms with Gasteiger partial charge in [0, 0.05) is 0 Å². The van der Waals surface area contributed by atoms with Gasteiger partial charge in [-0.3, -0.25) is 11.3 Å². The maximum Gasteiger partial charge on any atom is 0.573 e. The van der Waals surface area contributed by atoms with Crippen LogP contribution in [0.15, 0.2) is 24.3 Å². The number of hydrogen-bond acceptors (Lipinski definition) is 4. The Bertz CT molecular complexity index is 430. The molecule has 0 amide bonds. The van der Waals surface area contributed by atoms with Gasteiger partial charge >= 0.3 is 6.36 Å². The zero-order valence-electron chi connectivity index (χ0n) is 11.6. The standard InChI is InChI=1S/C13H19F3N2O2/c1-12(2,3)19-8-11(18-17)9-5-4-6-10(7-9)20-13(14,15)16/h4-7,11,18H,8,17H2,1-3H3. The van der Waals surface area contributed by atoms with Crippen molar-refractivity contribution in [2.45, 2.75) is 38.8 Å². The third-order valence-corrected chi connectivity index (χ3v) is 2.38. The van der Waals surface area contributed by atoms with E-state index in [0.29, 0.717) is 5.56 Å². The van der Waals surface area contributed by atoms with E-state index in [1.54, 1.807) is 6.07 Å². The quantitative estimate of drug-likeness (QED) is 0.647. The Kier molecular flexibility index (Phi) is 5.38. The molecule has 3 N–H and O–H groups in total. The predicted molar refractivity (Wildman–Crippen MR) is 68.9 cm³/mol. The maximum atomic E-state index is 12.2. The van der Waals surface area contributed by atoms with E-state index in [0.717, 1.165) is 0 Å². The van der Waals surface area contributed by atoms with Gasteiger partial charge in [-0.15, -0.1) is 13.2 Å². The van der Waals surface area contributed by atoms with Crippen LogP contribution in [-0.4, -0.2) is 18.6 Å². The number of nitrogens with two attached hydrogens (primary N) is 1. The molecule has 0 saturated carbocycles. The summed E-state index contributed by atoms with van der Waals surface area (Å²) in [4.78, 5) is 0. The van der Waals surface area contributed by atoms with Crippen molar-refractivity contribution in [2.24, 2.45) is 5.84 Å². The number of ether oxygens (including phenoxy) is 2. The van der Waals surface area contributed by atoms with Crippen LogP contribution in [0.4, 0.5) is 13.2 Å². The predicted octanol–water partition coefficient (Wildman–Crippen LogP) is 2.90. The summed E-state index contributed by atoms with van der Waals surface area (Å²) in [5, 5.41) is 0. The Hall–Kier alpha value is -1.31. The van der Waals surface area contributed by atoms with Crippen LogP contribution in [0.5, 0.6) is 5.75 Å². The van der Waals surface area contributed by atoms with Gasteiger partial charge in [0.25, 0.3) is 0 Å². The number of nitrogens with one attached hydrogen (secondary N) is 1. The van der Waals surface area contributed by atoms with Crippen LogP contribution >= 0.6 is 0 Å². The van der Waals surface area contributed by atoms with Gasteiger partial charge in [0.15, 0.2) is 0 Å². The van der Waals surface area contributed by atoms with Crippen LogP contribution in [0.25, 0.3) is 0 Å². The zero-order chi connectivity index (χ0) is 15.4. The normalized spacial score (nSPS) is 14.2. The summed E-state index contributed by atoms with van der Waals surface area (Å²) in [7, 11) is 0. The summed E-state index contributed by atoms with van der Waals surface area (Å²) in [6.45, 7) is 5.87. The molecule has 1 atom stereocenters. The second kappa shape index (κ2) is 6.43. The van der Waals surface area contributed by atoms with Crippen LogP contribution < -0.4 is 16.0 Å². The lowest BCUT2D eigenvalue weighted by Gasteiger charge is -2.24. The van der Waals surface area contributed by atoms with Crippen LogP contribution in [0.2, 0.25) is 0 Å². The molecule has 0 saturated heterocycles. The number of halogens is 3. The first kappa shape index (κ1) is 16.7. The number of benzene rings is 1. The lowest BCUT2D eigenvalue weighted by Crippen LogP contribution is -2.34. The minimum absolute atomic E-state index is 0.232. The number of alkyl halides is 3. The molecule has 114 valence electrons. The van der Waals surface area contributed by atoms with Crippen molar-refractivity contribution in [1.29, 1.82) is 0 Å². The van der Waals surface area contributed by atoms with Crippen molar-refractivity contribution in [3.63, 3.8) is 0 Å². The summed E-state index contributed by atoms with van der Waals surface area (Å²) in [6.07, 6.45) is -4.72. The molecule has 1 aromatic rings. The van der Waals surface area contributed by atoms with Crippen molar-refractivity contribution in [3.8, 4) is 5.75 Å². The lowest BCUT2D eigenvalue weighted by atomic mass is 10.1. The highest BCUT2D eigenvalue weighted by Crippen LogP contribution is 2.26. The first-order valence-electron chi connectivity index (χ1n) is 6.06. The second-order valence-corrected chi connectivity index (χ2v) is 5.26. The summed E-state index contributed by atoms with van der Waals surface area (Å²) in [5.41, 5.74) is 2.71. The number of rotatable bonds is 5. The van der Waals surface area contributed by atoms with E-state index in [2.05, 4.69) is 10.2 Å². The maximum absolute atomic E-state index is 12.2. The molecule has 0 spiro atoms. The molecular formula is C13H19F3N2O2. The van der Waals surface area contributed by atoms with E-state index in [4.69, 9.17) is 10.6 Å². The van der Waals surface area contributed by atoms with Gasteiger partial charge in [0.2, 0.25) is 0 Å². The number of hydrazine groups is 1. The smallest absolute Gasteiger partial charge is 0.406 e.